The second-order valence-corrected chi connectivity index (χ2v) is 3.72. The summed E-state index contributed by atoms with van der Waals surface area (Å²) in [6, 6.07) is 8.45. The summed E-state index contributed by atoms with van der Waals surface area (Å²) in [6.45, 7) is 1.55. The van der Waals surface area contributed by atoms with Crippen LogP contribution in [0.15, 0.2) is 24.3 Å². The fraction of sp³-hybridized carbons (Fsp3) is 0.333. The molecule has 84 valence electrons. The van der Waals surface area contributed by atoms with Crippen molar-refractivity contribution >= 4 is 5.97 Å². The van der Waals surface area contributed by atoms with Gasteiger partial charge in [0.1, 0.15) is 0 Å². The molecule has 0 bridgehead atoms. The highest BCUT2D eigenvalue weighted by Crippen LogP contribution is 2.21. The SMILES string of the molecule is CC(CC(O)c1ccc(C#N)cc1)C(=O)O. The van der Waals surface area contributed by atoms with Crippen LogP contribution in [0.25, 0.3) is 0 Å². The molecule has 1 aromatic carbocycles. The molecule has 0 amide bonds. The van der Waals surface area contributed by atoms with Gasteiger partial charge in [-0.1, -0.05) is 19.1 Å². The van der Waals surface area contributed by atoms with E-state index in [1.165, 1.54) is 0 Å². The minimum atomic E-state index is -0.923. The topological polar surface area (TPSA) is 81.3 Å². The summed E-state index contributed by atoms with van der Waals surface area (Å²) >= 11 is 0. The highest BCUT2D eigenvalue weighted by atomic mass is 16.4. The van der Waals surface area contributed by atoms with Crippen molar-refractivity contribution in [1.29, 1.82) is 5.26 Å². The van der Waals surface area contributed by atoms with E-state index in [9.17, 15) is 9.90 Å². The molecule has 0 radical (unpaired) electrons. The van der Waals surface area contributed by atoms with Crippen LogP contribution in [0, 0.1) is 17.2 Å². The van der Waals surface area contributed by atoms with Gasteiger partial charge in [-0.25, -0.2) is 0 Å². The van der Waals surface area contributed by atoms with Crippen LogP contribution in [0.1, 0.15) is 30.6 Å². The molecule has 16 heavy (non-hydrogen) atoms. The van der Waals surface area contributed by atoms with Crippen LogP contribution in [0.5, 0.6) is 0 Å². The number of nitrogens with zero attached hydrogens (tertiary/aromatic N) is 1. The molecule has 2 unspecified atom stereocenters. The minimum absolute atomic E-state index is 0.168. The van der Waals surface area contributed by atoms with E-state index >= 15 is 0 Å². The van der Waals surface area contributed by atoms with Crippen LogP contribution in [0.2, 0.25) is 0 Å². The number of nitriles is 1. The number of aliphatic hydroxyl groups excluding tert-OH is 1. The Bertz CT molecular complexity index is 405. The molecule has 0 aromatic heterocycles. The smallest absolute Gasteiger partial charge is 0.306 e. The van der Waals surface area contributed by atoms with Crippen molar-refractivity contribution in [3.63, 3.8) is 0 Å². The van der Waals surface area contributed by atoms with E-state index < -0.39 is 18.0 Å². The molecule has 2 atom stereocenters. The zero-order valence-corrected chi connectivity index (χ0v) is 8.92. The molecule has 1 rings (SSSR count). The van der Waals surface area contributed by atoms with Crippen molar-refractivity contribution in [1.82, 2.24) is 0 Å². The molecular formula is C12H13NO3. The third-order valence-electron chi connectivity index (χ3n) is 2.42. The predicted molar refractivity (Wildman–Crippen MR) is 57.5 cm³/mol. The molecule has 2 N–H and O–H groups in total. The largest absolute Gasteiger partial charge is 0.481 e. The Morgan fingerprint density at radius 3 is 2.44 bits per heavy atom. The molecule has 0 fully saturated rings. The van der Waals surface area contributed by atoms with E-state index in [1.807, 2.05) is 6.07 Å². The zero-order chi connectivity index (χ0) is 12.1. The Kier molecular flexibility index (Phi) is 4.03. The van der Waals surface area contributed by atoms with Crippen LogP contribution in [0.4, 0.5) is 0 Å². The van der Waals surface area contributed by atoms with E-state index in [0.29, 0.717) is 11.1 Å². The van der Waals surface area contributed by atoms with Crippen molar-refractivity contribution in [3.8, 4) is 6.07 Å². The number of benzene rings is 1. The van der Waals surface area contributed by atoms with Gasteiger partial charge in [0.2, 0.25) is 0 Å². The highest BCUT2D eigenvalue weighted by Gasteiger charge is 2.17. The summed E-state index contributed by atoms with van der Waals surface area (Å²) in [6.07, 6.45) is -0.639. The highest BCUT2D eigenvalue weighted by molar-refractivity contribution is 5.69. The van der Waals surface area contributed by atoms with Gasteiger partial charge < -0.3 is 10.2 Å². The van der Waals surface area contributed by atoms with E-state index in [0.717, 1.165) is 0 Å². The number of carboxylic acid groups (broad SMARTS) is 1. The molecule has 0 aliphatic heterocycles. The minimum Gasteiger partial charge on any atom is -0.481 e. The van der Waals surface area contributed by atoms with Crippen LogP contribution < -0.4 is 0 Å². The number of carbonyl (C=O) groups is 1. The number of hydrogen-bond donors (Lipinski definition) is 2. The first-order valence-electron chi connectivity index (χ1n) is 4.95. The summed E-state index contributed by atoms with van der Waals surface area (Å²) in [4.78, 5) is 10.6. The molecule has 4 heteroatoms. The van der Waals surface area contributed by atoms with E-state index in [4.69, 9.17) is 10.4 Å². The molecule has 0 heterocycles. The first-order chi connectivity index (χ1) is 7.54. The Labute approximate surface area is 93.8 Å². The number of aliphatic carboxylic acids is 1. The normalized spacial score (nSPS) is 13.8. The third kappa shape index (κ3) is 3.07. The summed E-state index contributed by atoms with van der Waals surface area (Å²) in [5.41, 5.74) is 1.15. The Hall–Kier alpha value is -1.86. The second-order valence-electron chi connectivity index (χ2n) is 3.72. The lowest BCUT2D eigenvalue weighted by molar-refractivity contribution is -0.142. The van der Waals surface area contributed by atoms with Crippen molar-refractivity contribution in [2.24, 2.45) is 5.92 Å². The van der Waals surface area contributed by atoms with Crippen LogP contribution in [-0.2, 0) is 4.79 Å². The second kappa shape index (κ2) is 5.29. The quantitative estimate of drug-likeness (QED) is 0.807. The van der Waals surface area contributed by atoms with Gasteiger partial charge in [-0.3, -0.25) is 4.79 Å². The van der Waals surface area contributed by atoms with Gasteiger partial charge in [0.15, 0.2) is 0 Å². The Morgan fingerprint density at radius 1 is 1.44 bits per heavy atom. The first-order valence-corrected chi connectivity index (χ1v) is 4.95. The van der Waals surface area contributed by atoms with Crippen molar-refractivity contribution in [3.05, 3.63) is 35.4 Å². The lowest BCUT2D eigenvalue weighted by Gasteiger charge is -2.13. The van der Waals surface area contributed by atoms with Crippen molar-refractivity contribution in [2.45, 2.75) is 19.4 Å². The molecule has 0 spiro atoms. The molecule has 0 aliphatic carbocycles. The maximum Gasteiger partial charge on any atom is 0.306 e. The molecule has 0 aliphatic rings. The molecule has 4 nitrogen and oxygen atoms in total. The van der Waals surface area contributed by atoms with E-state index in [-0.39, 0.29) is 6.42 Å². The molecule has 0 saturated carbocycles. The maximum absolute atomic E-state index is 10.6. The van der Waals surface area contributed by atoms with Crippen molar-refractivity contribution < 1.29 is 15.0 Å². The number of hydrogen-bond acceptors (Lipinski definition) is 3. The number of aliphatic hydroxyl groups is 1. The molecule has 1 aromatic rings. The molecular weight excluding hydrogens is 206 g/mol. The fourth-order valence-corrected chi connectivity index (χ4v) is 1.35. The average molecular weight is 219 g/mol. The van der Waals surface area contributed by atoms with E-state index in [1.54, 1.807) is 31.2 Å². The van der Waals surface area contributed by atoms with Gasteiger partial charge in [-0.2, -0.15) is 5.26 Å². The van der Waals surface area contributed by atoms with E-state index in [2.05, 4.69) is 0 Å². The van der Waals surface area contributed by atoms with Gasteiger partial charge in [0.25, 0.3) is 0 Å². The number of rotatable bonds is 4. The standard InChI is InChI=1S/C12H13NO3/c1-8(12(15)16)6-11(14)10-4-2-9(7-13)3-5-10/h2-5,8,11,14H,6H2,1H3,(H,15,16). The van der Waals surface area contributed by atoms with Gasteiger partial charge in [0, 0.05) is 0 Å². The third-order valence-corrected chi connectivity index (χ3v) is 2.42. The summed E-state index contributed by atoms with van der Waals surface area (Å²) in [7, 11) is 0. The summed E-state index contributed by atoms with van der Waals surface area (Å²) in [5, 5.41) is 27.1. The first kappa shape index (κ1) is 12.2. The average Bonchev–Trinajstić information content (AvgIpc) is 2.28. The summed E-state index contributed by atoms with van der Waals surface area (Å²) < 4.78 is 0. The van der Waals surface area contributed by atoms with Gasteiger partial charge in [-0.05, 0) is 24.1 Å². The molecule has 0 saturated heterocycles. The monoisotopic (exact) mass is 219 g/mol. The van der Waals surface area contributed by atoms with Crippen molar-refractivity contribution in [2.75, 3.05) is 0 Å². The lowest BCUT2D eigenvalue weighted by Crippen LogP contribution is -2.13. The van der Waals surface area contributed by atoms with Gasteiger partial charge in [0.05, 0.1) is 23.7 Å². The van der Waals surface area contributed by atoms with Gasteiger partial charge >= 0.3 is 5.97 Å². The maximum atomic E-state index is 10.6. The Morgan fingerprint density at radius 2 is 2.00 bits per heavy atom. The Balaban J connectivity index is 2.70. The van der Waals surface area contributed by atoms with Crippen LogP contribution >= 0.6 is 0 Å². The lowest BCUT2D eigenvalue weighted by atomic mass is 9.98. The fourth-order valence-electron chi connectivity index (χ4n) is 1.35. The van der Waals surface area contributed by atoms with Gasteiger partial charge in [-0.15, -0.1) is 0 Å². The predicted octanol–water partition coefficient (Wildman–Crippen LogP) is 1.70. The summed E-state index contributed by atoms with van der Waals surface area (Å²) in [5.74, 6) is -1.52. The number of carboxylic acids is 1. The van der Waals surface area contributed by atoms with Crippen LogP contribution in [0.3, 0.4) is 0 Å². The van der Waals surface area contributed by atoms with Crippen LogP contribution in [-0.4, -0.2) is 16.2 Å². The zero-order valence-electron chi connectivity index (χ0n) is 8.92.